The maximum atomic E-state index is 12.1. The van der Waals surface area contributed by atoms with Gasteiger partial charge in [0.25, 0.3) is 5.91 Å². The van der Waals surface area contributed by atoms with Crippen molar-refractivity contribution in [3.8, 4) is 5.75 Å². The van der Waals surface area contributed by atoms with Crippen LogP contribution in [-0.2, 0) is 6.42 Å². The Morgan fingerprint density at radius 3 is 2.47 bits per heavy atom. The fourth-order valence-corrected chi connectivity index (χ4v) is 2.88. The summed E-state index contributed by atoms with van der Waals surface area (Å²) in [5.41, 5.74) is 1.81. The molecule has 0 aliphatic heterocycles. The van der Waals surface area contributed by atoms with Crippen molar-refractivity contribution in [3.05, 3.63) is 64.7 Å². The summed E-state index contributed by atoms with van der Waals surface area (Å²) < 4.78 is 5.74. The number of nitrogens with one attached hydrogen (secondary N) is 1. The van der Waals surface area contributed by atoms with Gasteiger partial charge in [0.2, 0.25) is 0 Å². The quantitative estimate of drug-likeness (QED) is 0.312. The van der Waals surface area contributed by atoms with Gasteiger partial charge in [-0.15, -0.1) is 24.0 Å². The van der Waals surface area contributed by atoms with Crippen molar-refractivity contribution in [2.24, 2.45) is 4.99 Å². The first-order valence-electron chi connectivity index (χ1n) is 9.51. The van der Waals surface area contributed by atoms with E-state index in [-0.39, 0.29) is 29.9 Å². The summed E-state index contributed by atoms with van der Waals surface area (Å²) in [5, 5.41) is 4.04. The zero-order valence-corrected chi connectivity index (χ0v) is 21.0. The third-order valence-corrected chi connectivity index (χ3v) is 4.61. The Balaban J connectivity index is 0.00000450. The van der Waals surface area contributed by atoms with Gasteiger partial charge in [-0.3, -0.25) is 9.79 Å². The second-order valence-corrected chi connectivity index (χ2v) is 7.28. The van der Waals surface area contributed by atoms with Crippen molar-refractivity contribution in [2.45, 2.75) is 6.42 Å². The lowest BCUT2D eigenvalue weighted by Gasteiger charge is -2.22. The number of aliphatic imine (C=N–C) groups is 1. The van der Waals surface area contributed by atoms with Gasteiger partial charge in [-0.2, -0.15) is 0 Å². The van der Waals surface area contributed by atoms with Gasteiger partial charge in [0.15, 0.2) is 5.96 Å². The van der Waals surface area contributed by atoms with Gasteiger partial charge in [-0.1, -0.05) is 23.7 Å². The predicted molar refractivity (Wildman–Crippen MR) is 135 cm³/mol. The SMILES string of the molecule is CN=C(NCCc1cccc(C(=O)N(C)C)c1)N(C)CCOc1ccc(Cl)cc1.I. The zero-order valence-electron chi connectivity index (χ0n) is 17.9. The summed E-state index contributed by atoms with van der Waals surface area (Å²) in [6.07, 6.45) is 0.794. The molecule has 0 aromatic heterocycles. The molecule has 6 nitrogen and oxygen atoms in total. The van der Waals surface area contributed by atoms with Crippen LogP contribution in [0.15, 0.2) is 53.5 Å². The number of carbonyl (C=O) groups excluding carboxylic acids is 1. The van der Waals surface area contributed by atoms with Crippen LogP contribution in [0.1, 0.15) is 15.9 Å². The van der Waals surface area contributed by atoms with E-state index in [0.717, 1.165) is 23.7 Å². The van der Waals surface area contributed by atoms with Crippen LogP contribution >= 0.6 is 35.6 Å². The van der Waals surface area contributed by atoms with Gasteiger partial charge in [-0.05, 0) is 48.4 Å². The molecule has 0 saturated carbocycles. The Kier molecular flexibility index (Phi) is 11.6. The van der Waals surface area contributed by atoms with E-state index in [1.54, 1.807) is 26.0 Å². The van der Waals surface area contributed by atoms with Gasteiger partial charge in [0, 0.05) is 45.3 Å². The van der Waals surface area contributed by atoms with Gasteiger partial charge < -0.3 is 19.9 Å². The Morgan fingerprint density at radius 1 is 1.13 bits per heavy atom. The highest BCUT2D eigenvalue weighted by atomic mass is 127. The Labute approximate surface area is 201 Å². The van der Waals surface area contributed by atoms with Crippen LogP contribution in [0.3, 0.4) is 0 Å². The average Bonchev–Trinajstić information content (AvgIpc) is 2.72. The van der Waals surface area contributed by atoms with E-state index in [1.807, 2.05) is 60.5 Å². The lowest BCUT2D eigenvalue weighted by Crippen LogP contribution is -2.41. The minimum absolute atomic E-state index is 0. The third kappa shape index (κ3) is 8.39. The summed E-state index contributed by atoms with van der Waals surface area (Å²) in [5.74, 6) is 1.60. The van der Waals surface area contributed by atoms with E-state index in [9.17, 15) is 4.79 Å². The first-order valence-corrected chi connectivity index (χ1v) is 9.89. The molecule has 0 heterocycles. The molecule has 0 fully saturated rings. The first-order chi connectivity index (χ1) is 13.9. The number of rotatable bonds is 8. The van der Waals surface area contributed by atoms with Crippen LogP contribution in [0.2, 0.25) is 5.02 Å². The second-order valence-electron chi connectivity index (χ2n) is 6.85. The van der Waals surface area contributed by atoms with E-state index in [1.165, 1.54) is 0 Å². The maximum Gasteiger partial charge on any atom is 0.253 e. The van der Waals surface area contributed by atoms with E-state index in [4.69, 9.17) is 16.3 Å². The number of carbonyl (C=O) groups is 1. The van der Waals surface area contributed by atoms with Crippen molar-refractivity contribution >= 4 is 47.4 Å². The average molecular weight is 545 g/mol. The number of ether oxygens (including phenoxy) is 1. The largest absolute Gasteiger partial charge is 0.492 e. The maximum absolute atomic E-state index is 12.1. The molecule has 0 radical (unpaired) electrons. The number of amides is 1. The number of hydrogen-bond acceptors (Lipinski definition) is 3. The topological polar surface area (TPSA) is 57.2 Å². The molecule has 164 valence electrons. The lowest BCUT2D eigenvalue weighted by atomic mass is 10.1. The summed E-state index contributed by atoms with van der Waals surface area (Å²) in [7, 11) is 7.24. The van der Waals surface area contributed by atoms with Crippen molar-refractivity contribution in [3.63, 3.8) is 0 Å². The summed E-state index contributed by atoms with van der Waals surface area (Å²) in [4.78, 5) is 20.0. The van der Waals surface area contributed by atoms with Crippen molar-refractivity contribution < 1.29 is 9.53 Å². The normalized spacial score (nSPS) is 10.8. The summed E-state index contributed by atoms with van der Waals surface area (Å²) in [6.45, 7) is 1.94. The van der Waals surface area contributed by atoms with Crippen LogP contribution in [0.25, 0.3) is 0 Å². The number of hydrogen-bond donors (Lipinski definition) is 1. The number of guanidine groups is 1. The Morgan fingerprint density at radius 2 is 1.83 bits per heavy atom. The number of likely N-dealkylation sites (N-methyl/N-ethyl adjacent to an activating group) is 1. The summed E-state index contributed by atoms with van der Waals surface area (Å²) in [6, 6.07) is 15.0. The third-order valence-electron chi connectivity index (χ3n) is 4.36. The fraction of sp³-hybridized carbons (Fsp3) is 0.364. The second kappa shape index (κ2) is 13.3. The van der Waals surface area contributed by atoms with Gasteiger partial charge >= 0.3 is 0 Å². The first kappa shape index (κ1) is 26.0. The lowest BCUT2D eigenvalue weighted by molar-refractivity contribution is 0.0827. The molecule has 0 spiro atoms. The highest BCUT2D eigenvalue weighted by Gasteiger charge is 2.09. The minimum Gasteiger partial charge on any atom is -0.492 e. The van der Waals surface area contributed by atoms with Gasteiger partial charge in [0.1, 0.15) is 12.4 Å². The van der Waals surface area contributed by atoms with Gasteiger partial charge in [0.05, 0.1) is 6.54 Å². The molecule has 1 amide bonds. The van der Waals surface area contributed by atoms with Crippen molar-refractivity contribution in [1.82, 2.24) is 15.1 Å². The Bertz CT molecular complexity index is 828. The zero-order chi connectivity index (χ0) is 21.2. The highest BCUT2D eigenvalue weighted by molar-refractivity contribution is 14.0. The Hall–Kier alpha value is -2.00. The van der Waals surface area contributed by atoms with Crippen LogP contribution in [0.5, 0.6) is 5.75 Å². The molecule has 0 unspecified atom stereocenters. The monoisotopic (exact) mass is 544 g/mol. The molecule has 2 aromatic carbocycles. The van der Waals surface area contributed by atoms with Crippen LogP contribution < -0.4 is 10.1 Å². The highest BCUT2D eigenvalue weighted by Crippen LogP contribution is 2.15. The molecule has 0 aliphatic rings. The molecule has 8 heteroatoms. The van der Waals surface area contributed by atoms with Crippen LogP contribution in [0, 0.1) is 0 Å². The van der Waals surface area contributed by atoms with E-state index >= 15 is 0 Å². The van der Waals surface area contributed by atoms with E-state index in [2.05, 4.69) is 10.3 Å². The summed E-state index contributed by atoms with van der Waals surface area (Å²) >= 11 is 5.88. The fourth-order valence-electron chi connectivity index (χ4n) is 2.76. The number of halogens is 2. The molecule has 1 N–H and O–H groups in total. The van der Waals surface area contributed by atoms with Crippen molar-refractivity contribution in [2.75, 3.05) is 47.9 Å². The molecule has 2 rings (SSSR count). The molecule has 0 saturated heterocycles. The van der Waals surface area contributed by atoms with Crippen LogP contribution in [0.4, 0.5) is 0 Å². The molecule has 0 atom stereocenters. The molecular weight excluding hydrogens is 515 g/mol. The van der Waals surface area contributed by atoms with Gasteiger partial charge in [-0.25, -0.2) is 0 Å². The number of benzene rings is 2. The minimum atomic E-state index is 0. The molecular formula is C22H30ClIN4O2. The molecule has 0 bridgehead atoms. The molecule has 2 aromatic rings. The molecule has 0 aliphatic carbocycles. The van der Waals surface area contributed by atoms with E-state index in [0.29, 0.717) is 30.3 Å². The predicted octanol–water partition coefficient (Wildman–Crippen LogP) is 3.79. The standard InChI is InChI=1S/C22H29ClN4O2.HI/c1-24-22(27(4)14-15-29-20-10-8-19(23)9-11-20)25-13-12-17-6-5-7-18(16-17)21(28)26(2)3;/h5-11,16H,12-15H2,1-4H3,(H,24,25);1H. The smallest absolute Gasteiger partial charge is 0.253 e. The number of nitrogens with zero attached hydrogens (tertiary/aromatic N) is 3. The van der Waals surface area contributed by atoms with Crippen molar-refractivity contribution in [1.29, 1.82) is 0 Å². The van der Waals surface area contributed by atoms with E-state index < -0.39 is 0 Å². The van der Waals surface area contributed by atoms with Crippen LogP contribution in [-0.4, -0.2) is 69.6 Å². The molecule has 30 heavy (non-hydrogen) atoms.